The topological polar surface area (TPSA) is 76.1 Å². The van der Waals surface area contributed by atoms with E-state index < -0.39 is 17.7 Å². The molecule has 6 nitrogen and oxygen atoms in total. The summed E-state index contributed by atoms with van der Waals surface area (Å²) < 4.78 is 10.8. The number of anilines is 1. The second-order valence-electron chi connectivity index (χ2n) is 7.89. The molecule has 1 amide bonds. The van der Waals surface area contributed by atoms with Gasteiger partial charge in [0.25, 0.3) is 11.7 Å². The summed E-state index contributed by atoms with van der Waals surface area (Å²) in [5.74, 6) is -0.560. The first-order chi connectivity index (χ1) is 15.9. The van der Waals surface area contributed by atoms with Crippen molar-refractivity contribution in [2.45, 2.75) is 19.9 Å². The second kappa shape index (κ2) is 8.82. The molecule has 1 aliphatic rings. The molecule has 6 heteroatoms. The van der Waals surface area contributed by atoms with E-state index in [1.165, 1.54) is 12.0 Å². The number of hydrogen-bond donors (Lipinski definition) is 1. The van der Waals surface area contributed by atoms with Gasteiger partial charge in [0.05, 0.1) is 31.5 Å². The molecule has 0 bridgehead atoms. The Labute approximate surface area is 192 Å². The largest absolute Gasteiger partial charge is 0.507 e. The SMILES string of the molecule is COc1cc(C)c(/C(O)=C2\C(=O)C(=O)N(c3ccccc3OC)C2c2ccccc2)cc1C. The fourth-order valence-electron chi connectivity index (χ4n) is 4.27. The van der Waals surface area contributed by atoms with Gasteiger partial charge >= 0.3 is 0 Å². The number of benzene rings is 3. The van der Waals surface area contributed by atoms with Crippen LogP contribution in [0.4, 0.5) is 5.69 Å². The molecule has 1 N–H and O–H groups in total. The van der Waals surface area contributed by atoms with Crippen molar-refractivity contribution in [3.05, 3.63) is 94.6 Å². The average molecular weight is 443 g/mol. The minimum atomic E-state index is -0.815. The summed E-state index contributed by atoms with van der Waals surface area (Å²) in [6.45, 7) is 3.68. The zero-order chi connectivity index (χ0) is 23.7. The van der Waals surface area contributed by atoms with E-state index in [4.69, 9.17) is 9.47 Å². The Morgan fingerprint density at radius 3 is 2.15 bits per heavy atom. The number of para-hydroxylation sites is 2. The molecule has 3 aromatic carbocycles. The molecule has 4 rings (SSSR count). The third-order valence-electron chi connectivity index (χ3n) is 5.90. The molecular formula is C27H25NO5. The number of amides is 1. The van der Waals surface area contributed by atoms with Gasteiger partial charge in [-0.25, -0.2) is 0 Å². The third kappa shape index (κ3) is 3.74. The molecule has 1 atom stereocenters. The van der Waals surface area contributed by atoms with E-state index in [1.54, 1.807) is 43.5 Å². The molecule has 33 heavy (non-hydrogen) atoms. The van der Waals surface area contributed by atoms with Gasteiger partial charge in [-0.2, -0.15) is 0 Å². The molecule has 1 fully saturated rings. The quantitative estimate of drug-likeness (QED) is 0.343. The molecule has 1 aliphatic heterocycles. The average Bonchev–Trinajstić information content (AvgIpc) is 3.10. The maximum atomic E-state index is 13.3. The molecule has 0 spiro atoms. The molecule has 1 unspecified atom stereocenters. The van der Waals surface area contributed by atoms with Crippen LogP contribution in [0.25, 0.3) is 5.76 Å². The molecule has 3 aromatic rings. The van der Waals surface area contributed by atoms with Crippen molar-refractivity contribution in [3.63, 3.8) is 0 Å². The first-order valence-corrected chi connectivity index (χ1v) is 10.5. The summed E-state index contributed by atoms with van der Waals surface area (Å²) >= 11 is 0. The van der Waals surface area contributed by atoms with Gasteiger partial charge in [0.15, 0.2) is 0 Å². The lowest BCUT2D eigenvalue weighted by Gasteiger charge is -2.26. The molecular weight excluding hydrogens is 418 g/mol. The summed E-state index contributed by atoms with van der Waals surface area (Å²) in [4.78, 5) is 28.0. The summed E-state index contributed by atoms with van der Waals surface area (Å²) in [6, 6.07) is 19.0. The highest BCUT2D eigenvalue weighted by atomic mass is 16.5. The van der Waals surface area contributed by atoms with Crippen molar-refractivity contribution in [3.8, 4) is 11.5 Å². The number of rotatable bonds is 5. The van der Waals surface area contributed by atoms with Crippen LogP contribution in [0.15, 0.2) is 72.3 Å². The highest BCUT2D eigenvalue weighted by Gasteiger charge is 2.47. The summed E-state index contributed by atoms with van der Waals surface area (Å²) in [6.07, 6.45) is 0. The van der Waals surface area contributed by atoms with Crippen molar-refractivity contribution in [1.29, 1.82) is 0 Å². The second-order valence-corrected chi connectivity index (χ2v) is 7.89. The fourth-order valence-corrected chi connectivity index (χ4v) is 4.27. The molecule has 1 heterocycles. The minimum Gasteiger partial charge on any atom is -0.507 e. The van der Waals surface area contributed by atoms with Crippen LogP contribution in [0.5, 0.6) is 11.5 Å². The van der Waals surface area contributed by atoms with Crippen LogP contribution in [-0.2, 0) is 9.59 Å². The Balaban J connectivity index is 1.99. The lowest BCUT2D eigenvalue weighted by molar-refractivity contribution is -0.132. The third-order valence-corrected chi connectivity index (χ3v) is 5.90. The number of hydrogen-bond acceptors (Lipinski definition) is 5. The Kier molecular flexibility index (Phi) is 5.92. The van der Waals surface area contributed by atoms with Crippen LogP contribution in [0.2, 0.25) is 0 Å². The van der Waals surface area contributed by atoms with Crippen LogP contribution >= 0.6 is 0 Å². The Morgan fingerprint density at radius 1 is 0.848 bits per heavy atom. The van der Waals surface area contributed by atoms with Gasteiger partial charge in [-0.05, 0) is 54.8 Å². The van der Waals surface area contributed by atoms with E-state index in [0.717, 1.165) is 11.1 Å². The predicted octanol–water partition coefficient (Wildman–Crippen LogP) is 4.95. The van der Waals surface area contributed by atoms with Crippen molar-refractivity contribution in [1.82, 2.24) is 0 Å². The van der Waals surface area contributed by atoms with Crippen LogP contribution < -0.4 is 14.4 Å². The highest BCUT2D eigenvalue weighted by Crippen LogP contribution is 2.45. The number of aryl methyl sites for hydroxylation is 2. The Bertz CT molecular complexity index is 1260. The number of aliphatic hydroxyl groups is 1. The number of Topliss-reactive ketones (excluding diaryl/α,β-unsaturated/α-hetero) is 1. The maximum Gasteiger partial charge on any atom is 0.300 e. The van der Waals surface area contributed by atoms with Crippen LogP contribution in [-0.4, -0.2) is 31.0 Å². The van der Waals surface area contributed by atoms with Crippen LogP contribution in [0, 0.1) is 13.8 Å². The van der Waals surface area contributed by atoms with Crippen molar-refractivity contribution < 1.29 is 24.2 Å². The summed E-state index contributed by atoms with van der Waals surface area (Å²) in [5.41, 5.74) is 3.20. The van der Waals surface area contributed by atoms with E-state index in [2.05, 4.69) is 0 Å². The summed E-state index contributed by atoms with van der Waals surface area (Å²) in [7, 11) is 3.09. The Hall–Kier alpha value is -4.06. The minimum absolute atomic E-state index is 0.0322. The number of ether oxygens (including phenoxy) is 2. The number of nitrogens with zero attached hydrogens (tertiary/aromatic N) is 1. The van der Waals surface area contributed by atoms with Gasteiger partial charge in [-0.3, -0.25) is 14.5 Å². The Morgan fingerprint density at radius 2 is 1.48 bits per heavy atom. The molecule has 0 aliphatic carbocycles. The van der Waals surface area contributed by atoms with Gasteiger partial charge in [0, 0.05) is 5.56 Å². The van der Waals surface area contributed by atoms with Crippen LogP contribution in [0.1, 0.15) is 28.3 Å². The van der Waals surface area contributed by atoms with Gasteiger partial charge in [-0.1, -0.05) is 42.5 Å². The number of methoxy groups -OCH3 is 2. The van der Waals surface area contributed by atoms with Crippen molar-refractivity contribution in [2.24, 2.45) is 0 Å². The molecule has 0 saturated carbocycles. The highest BCUT2D eigenvalue weighted by molar-refractivity contribution is 6.52. The van der Waals surface area contributed by atoms with E-state index >= 15 is 0 Å². The lowest BCUT2D eigenvalue weighted by atomic mass is 9.93. The van der Waals surface area contributed by atoms with E-state index in [1.807, 2.05) is 44.2 Å². The molecule has 0 aromatic heterocycles. The fraction of sp³-hybridized carbons (Fsp3) is 0.185. The monoisotopic (exact) mass is 443 g/mol. The molecule has 0 radical (unpaired) electrons. The lowest BCUT2D eigenvalue weighted by Crippen LogP contribution is -2.29. The molecule has 168 valence electrons. The van der Waals surface area contributed by atoms with E-state index in [-0.39, 0.29) is 11.3 Å². The standard InChI is InChI=1S/C27H25NO5/c1-16-15-22(33-4)17(2)14-19(16)25(29)23-24(18-10-6-5-7-11-18)28(27(31)26(23)30)20-12-8-9-13-21(20)32-3/h5-15,24,29H,1-4H3/b25-23+. The zero-order valence-corrected chi connectivity index (χ0v) is 19.0. The van der Waals surface area contributed by atoms with Gasteiger partial charge in [-0.15, -0.1) is 0 Å². The van der Waals surface area contributed by atoms with Gasteiger partial charge in [0.1, 0.15) is 17.3 Å². The zero-order valence-electron chi connectivity index (χ0n) is 19.0. The van der Waals surface area contributed by atoms with Crippen molar-refractivity contribution >= 4 is 23.1 Å². The van der Waals surface area contributed by atoms with Crippen LogP contribution in [0.3, 0.4) is 0 Å². The predicted molar refractivity (Wildman–Crippen MR) is 127 cm³/mol. The smallest absolute Gasteiger partial charge is 0.300 e. The first-order valence-electron chi connectivity index (χ1n) is 10.5. The number of carbonyl (C=O) groups is 2. The van der Waals surface area contributed by atoms with E-state index in [0.29, 0.717) is 28.3 Å². The van der Waals surface area contributed by atoms with E-state index in [9.17, 15) is 14.7 Å². The van der Waals surface area contributed by atoms with Crippen molar-refractivity contribution in [2.75, 3.05) is 19.1 Å². The number of aliphatic hydroxyl groups excluding tert-OH is 1. The molecule has 1 saturated heterocycles. The number of ketones is 1. The van der Waals surface area contributed by atoms with Gasteiger partial charge < -0.3 is 14.6 Å². The normalized spacial score (nSPS) is 17.3. The summed E-state index contributed by atoms with van der Waals surface area (Å²) in [5, 5.41) is 11.4. The maximum absolute atomic E-state index is 13.3. The first kappa shape index (κ1) is 22.1. The number of carbonyl (C=O) groups excluding carboxylic acids is 2. The van der Waals surface area contributed by atoms with Gasteiger partial charge in [0.2, 0.25) is 0 Å².